The first-order valence-corrected chi connectivity index (χ1v) is 8.87. The molecular formula is C19H21N5O3. The number of fused-ring (bicyclic) bond motifs is 2. The molecule has 27 heavy (non-hydrogen) atoms. The van der Waals surface area contributed by atoms with Crippen molar-refractivity contribution in [2.24, 2.45) is 0 Å². The molecule has 4 rings (SSSR count). The number of carbonyl (C=O) groups excluding carboxylic acids is 2. The zero-order valence-electron chi connectivity index (χ0n) is 15.3. The maximum atomic E-state index is 13.1. The van der Waals surface area contributed by atoms with E-state index in [1.807, 2.05) is 7.05 Å². The quantitative estimate of drug-likeness (QED) is 0.834. The van der Waals surface area contributed by atoms with Crippen LogP contribution in [0.25, 0.3) is 0 Å². The summed E-state index contributed by atoms with van der Waals surface area (Å²) in [5.41, 5.74) is 1.29. The zero-order chi connectivity index (χ0) is 19.0. The van der Waals surface area contributed by atoms with Gasteiger partial charge in [0.15, 0.2) is 5.82 Å². The topological polar surface area (TPSA) is 78.0 Å². The average Bonchev–Trinajstić information content (AvgIpc) is 2.79. The fourth-order valence-electron chi connectivity index (χ4n) is 3.27. The van der Waals surface area contributed by atoms with Crippen molar-refractivity contribution in [3.05, 3.63) is 48.2 Å². The van der Waals surface area contributed by atoms with Gasteiger partial charge in [0.05, 0.1) is 23.5 Å². The van der Waals surface area contributed by atoms with Crippen LogP contribution in [0.1, 0.15) is 17.3 Å². The van der Waals surface area contributed by atoms with Crippen LogP contribution in [0.4, 0.5) is 22.0 Å². The number of hydroxylamine groups is 2. The number of piperazine rings is 1. The van der Waals surface area contributed by atoms with Gasteiger partial charge in [0.25, 0.3) is 5.91 Å². The van der Waals surface area contributed by atoms with Gasteiger partial charge >= 0.3 is 6.09 Å². The van der Waals surface area contributed by atoms with Crippen molar-refractivity contribution in [3.63, 3.8) is 0 Å². The van der Waals surface area contributed by atoms with Gasteiger partial charge in [-0.1, -0.05) is 12.1 Å². The normalized spacial score (nSPS) is 20.3. The number of nitrogens with one attached hydrogen (secondary N) is 1. The van der Waals surface area contributed by atoms with Gasteiger partial charge in [-0.15, -0.1) is 5.06 Å². The Labute approximate surface area is 157 Å². The van der Waals surface area contributed by atoms with Crippen molar-refractivity contribution in [1.82, 2.24) is 14.9 Å². The smallest absolute Gasteiger partial charge is 0.350 e. The molecule has 2 aliphatic heterocycles. The second-order valence-electron chi connectivity index (χ2n) is 6.76. The van der Waals surface area contributed by atoms with E-state index in [9.17, 15) is 9.59 Å². The number of carbonyl (C=O) groups is 2. The number of nitrogens with zero attached hydrogens (tertiary/aromatic N) is 4. The molecule has 0 bridgehead atoms. The summed E-state index contributed by atoms with van der Waals surface area (Å²) in [6.45, 7) is 4.12. The molecule has 2 aliphatic rings. The molecular weight excluding hydrogens is 346 g/mol. The maximum Gasteiger partial charge on any atom is 0.439 e. The molecule has 8 heteroatoms. The van der Waals surface area contributed by atoms with Crippen LogP contribution in [-0.4, -0.2) is 59.7 Å². The first-order valence-electron chi connectivity index (χ1n) is 8.87. The third-order valence-corrected chi connectivity index (χ3v) is 4.95. The summed E-state index contributed by atoms with van der Waals surface area (Å²) in [5.74, 6) is 0.0475. The molecule has 1 aromatic heterocycles. The van der Waals surface area contributed by atoms with Gasteiger partial charge in [0.1, 0.15) is 0 Å². The molecule has 0 saturated carbocycles. The fourth-order valence-corrected chi connectivity index (χ4v) is 3.27. The number of amides is 2. The molecule has 140 valence electrons. The van der Waals surface area contributed by atoms with E-state index in [0.29, 0.717) is 35.8 Å². The molecule has 1 atom stereocenters. The predicted molar refractivity (Wildman–Crippen MR) is 101 cm³/mol. The number of hydrogen-bond acceptors (Lipinski definition) is 6. The first-order chi connectivity index (χ1) is 13.0. The van der Waals surface area contributed by atoms with Crippen molar-refractivity contribution in [1.29, 1.82) is 0 Å². The van der Waals surface area contributed by atoms with E-state index in [1.54, 1.807) is 47.7 Å². The highest BCUT2D eigenvalue weighted by Gasteiger charge is 2.33. The third-order valence-electron chi connectivity index (χ3n) is 4.95. The molecule has 2 amide bonds. The van der Waals surface area contributed by atoms with Gasteiger partial charge < -0.3 is 15.1 Å². The number of pyridine rings is 1. The molecule has 1 fully saturated rings. The van der Waals surface area contributed by atoms with Crippen LogP contribution in [0, 0.1) is 0 Å². The largest absolute Gasteiger partial charge is 0.439 e. The molecule has 1 saturated heterocycles. The molecule has 0 radical (unpaired) electrons. The van der Waals surface area contributed by atoms with Gasteiger partial charge in [0, 0.05) is 25.3 Å². The minimum Gasteiger partial charge on any atom is -0.350 e. The van der Waals surface area contributed by atoms with Crippen LogP contribution in [0.5, 0.6) is 0 Å². The number of likely N-dealkylation sites (N-methyl/N-ethyl adjacent to an activating group) is 1. The van der Waals surface area contributed by atoms with Crippen molar-refractivity contribution >= 4 is 29.2 Å². The molecule has 1 aromatic carbocycles. The Balaban J connectivity index is 1.70. The molecule has 1 N–H and O–H groups in total. The standard InChI is InChI=1S/C19H21N5O3/c1-13-12-23(11-10-22(13)2)27-19(26)24-16-8-4-3-6-14(16)18(25)21-15-7-5-9-20-17(15)24/h3-9,13H,10-12H2,1-2H3,(H,21,25). The lowest BCUT2D eigenvalue weighted by molar-refractivity contribution is -0.129. The predicted octanol–water partition coefficient (Wildman–Crippen LogP) is 2.47. The van der Waals surface area contributed by atoms with E-state index in [0.717, 1.165) is 6.54 Å². The van der Waals surface area contributed by atoms with Crippen molar-refractivity contribution in [2.75, 3.05) is 36.9 Å². The van der Waals surface area contributed by atoms with Crippen LogP contribution in [0.15, 0.2) is 42.6 Å². The average molecular weight is 367 g/mol. The Bertz CT molecular complexity index is 887. The summed E-state index contributed by atoms with van der Waals surface area (Å²) in [7, 11) is 2.05. The number of anilines is 3. The first kappa shape index (κ1) is 17.4. The molecule has 8 nitrogen and oxygen atoms in total. The number of hydrogen-bond donors (Lipinski definition) is 1. The maximum absolute atomic E-state index is 13.1. The number of benzene rings is 1. The van der Waals surface area contributed by atoms with Gasteiger partial charge in [-0.2, -0.15) is 0 Å². The highest BCUT2D eigenvalue weighted by Crippen LogP contribution is 2.36. The van der Waals surface area contributed by atoms with Crippen LogP contribution < -0.4 is 10.2 Å². The molecule has 0 spiro atoms. The monoisotopic (exact) mass is 367 g/mol. The van der Waals surface area contributed by atoms with E-state index in [2.05, 4.69) is 22.1 Å². The fraction of sp³-hybridized carbons (Fsp3) is 0.316. The van der Waals surface area contributed by atoms with Gasteiger partial charge in [-0.25, -0.2) is 14.7 Å². The van der Waals surface area contributed by atoms with Crippen LogP contribution in [0.3, 0.4) is 0 Å². The number of aromatic nitrogens is 1. The van der Waals surface area contributed by atoms with E-state index < -0.39 is 6.09 Å². The van der Waals surface area contributed by atoms with E-state index in [4.69, 9.17) is 4.84 Å². The Morgan fingerprint density at radius 2 is 2.04 bits per heavy atom. The second-order valence-corrected chi connectivity index (χ2v) is 6.76. The third kappa shape index (κ3) is 3.24. The molecule has 0 aliphatic carbocycles. The summed E-state index contributed by atoms with van der Waals surface area (Å²) >= 11 is 0. The molecule has 1 unspecified atom stereocenters. The Kier molecular flexibility index (Phi) is 4.51. The van der Waals surface area contributed by atoms with E-state index in [1.165, 1.54) is 4.90 Å². The minimum atomic E-state index is -0.587. The Morgan fingerprint density at radius 3 is 2.85 bits per heavy atom. The highest BCUT2D eigenvalue weighted by atomic mass is 16.7. The summed E-state index contributed by atoms with van der Waals surface area (Å²) in [5, 5.41) is 4.47. The summed E-state index contributed by atoms with van der Waals surface area (Å²) in [6.07, 6.45) is 0.993. The Morgan fingerprint density at radius 1 is 1.22 bits per heavy atom. The zero-order valence-corrected chi connectivity index (χ0v) is 15.3. The van der Waals surface area contributed by atoms with Gasteiger partial charge in [-0.05, 0) is 38.2 Å². The molecule has 3 heterocycles. The summed E-state index contributed by atoms with van der Waals surface area (Å²) in [6, 6.07) is 10.6. The lowest BCUT2D eigenvalue weighted by Crippen LogP contribution is -2.51. The van der Waals surface area contributed by atoms with Gasteiger partial charge in [-0.3, -0.25) is 4.79 Å². The van der Waals surface area contributed by atoms with E-state index >= 15 is 0 Å². The lowest BCUT2D eigenvalue weighted by Gasteiger charge is -2.36. The highest BCUT2D eigenvalue weighted by molar-refractivity contribution is 6.16. The molecule has 2 aromatic rings. The summed E-state index contributed by atoms with van der Waals surface area (Å²) in [4.78, 5) is 39.2. The van der Waals surface area contributed by atoms with Crippen LogP contribution in [0.2, 0.25) is 0 Å². The SMILES string of the molecule is CC1CN(OC(=O)N2c3ccccc3C(=O)Nc3cccnc32)CCN1C. The van der Waals surface area contributed by atoms with Crippen LogP contribution in [-0.2, 0) is 4.84 Å². The number of para-hydroxylation sites is 1. The van der Waals surface area contributed by atoms with Crippen molar-refractivity contribution in [2.45, 2.75) is 13.0 Å². The second kappa shape index (κ2) is 6.98. The minimum absolute atomic E-state index is 0.275. The number of rotatable bonds is 1. The van der Waals surface area contributed by atoms with E-state index in [-0.39, 0.29) is 11.9 Å². The Hall–Kier alpha value is -2.97. The van der Waals surface area contributed by atoms with Crippen molar-refractivity contribution < 1.29 is 14.4 Å². The lowest BCUT2D eigenvalue weighted by atomic mass is 10.1. The van der Waals surface area contributed by atoms with Crippen molar-refractivity contribution in [3.8, 4) is 0 Å². The van der Waals surface area contributed by atoms with Crippen LogP contribution >= 0.6 is 0 Å². The van der Waals surface area contributed by atoms with Gasteiger partial charge in [0.2, 0.25) is 0 Å². The summed E-state index contributed by atoms with van der Waals surface area (Å²) < 4.78 is 0.